The first-order valence-electron chi connectivity index (χ1n) is 6.96. The van der Waals surface area contributed by atoms with Crippen LogP contribution in [0.25, 0.3) is 0 Å². The smallest absolute Gasteiger partial charge is 0.323 e. The molecule has 1 rings (SSSR count). The highest BCUT2D eigenvalue weighted by molar-refractivity contribution is 8.00. The van der Waals surface area contributed by atoms with E-state index in [1.54, 1.807) is 11.8 Å². The van der Waals surface area contributed by atoms with Crippen LogP contribution >= 0.6 is 11.8 Å². The van der Waals surface area contributed by atoms with Crippen molar-refractivity contribution in [2.45, 2.75) is 36.9 Å². The van der Waals surface area contributed by atoms with Gasteiger partial charge in [0.1, 0.15) is 13.1 Å². The minimum Gasteiger partial charge on any atom is -0.480 e. The minimum atomic E-state index is -1.18. The normalized spacial score (nSPS) is 17.0. The van der Waals surface area contributed by atoms with Gasteiger partial charge in [-0.15, -0.1) is 0 Å². The van der Waals surface area contributed by atoms with Crippen molar-refractivity contribution < 1.29 is 19.5 Å². The Bertz CT molecular complexity index is 381. The van der Waals surface area contributed by atoms with E-state index in [2.05, 4.69) is 5.32 Å². The molecule has 0 aromatic heterocycles. The molecule has 21 heavy (non-hydrogen) atoms. The molecule has 0 aliphatic heterocycles. The van der Waals surface area contributed by atoms with Crippen LogP contribution in [-0.4, -0.2) is 58.6 Å². The predicted molar refractivity (Wildman–Crippen MR) is 81.1 cm³/mol. The second-order valence-electron chi connectivity index (χ2n) is 5.32. The number of amides is 3. The Balaban J connectivity index is 2.58. The zero-order chi connectivity index (χ0) is 15.9. The van der Waals surface area contributed by atoms with Gasteiger partial charge in [0.2, 0.25) is 5.91 Å². The molecule has 120 valence electrons. The number of nitrogens with two attached hydrogens (primary N) is 1. The summed E-state index contributed by atoms with van der Waals surface area (Å²) < 4.78 is 0.00945. The molecule has 1 aliphatic carbocycles. The molecule has 0 spiro atoms. The van der Waals surface area contributed by atoms with Crippen LogP contribution in [0.1, 0.15) is 32.1 Å². The van der Waals surface area contributed by atoms with E-state index in [0.717, 1.165) is 30.6 Å². The van der Waals surface area contributed by atoms with Crippen LogP contribution in [-0.2, 0) is 9.59 Å². The number of carbonyl (C=O) groups excluding carboxylic acids is 2. The van der Waals surface area contributed by atoms with Crippen molar-refractivity contribution in [2.75, 3.05) is 25.9 Å². The van der Waals surface area contributed by atoms with E-state index in [1.807, 2.05) is 6.26 Å². The SMILES string of the molecule is CSC1(CNC(=O)N(CC(N)=O)CC(=O)O)CCCCC1. The van der Waals surface area contributed by atoms with Gasteiger partial charge in [0.05, 0.1) is 0 Å². The molecule has 0 saturated heterocycles. The number of carbonyl (C=O) groups is 3. The van der Waals surface area contributed by atoms with Gasteiger partial charge in [-0.3, -0.25) is 9.59 Å². The van der Waals surface area contributed by atoms with Crippen molar-refractivity contribution in [3.05, 3.63) is 0 Å². The number of carboxylic acids is 1. The average molecular weight is 317 g/mol. The number of thioether (sulfide) groups is 1. The number of hydrogen-bond acceptors (Lipinski definition) is 4. The molecule has 0 aromatic rings. The average Bonchev–Trinajstić information content (AvgIpc) is 2.44. The zero-order valence-electron chi connectivity index (χ0n) is 12.3. The maximum atomic E-state index is 12.0. The summed E-state index contributed by atoms with van der Waals surface area (Å²) in [4.78, 5) is 34.6. The van der Waals surface area contributed by atoms with Gasteiger partial charge in [0, 0.05) is 11.3 Å². The summed E-state index contributed by atoms with van der Waals surface area (Å²) >= 11 is 1.73. The van der Waals surface area contributed by atoms with Crippen LogP contribution in [0.2, 0.25) is 0 Å². The van der Waals surface area contributed by atoms with Crippen molar-refractivity contribution in [3.8, 4) is 0 Å². The Hall–Kier alpha value is -1.44. The van der Waals surface area contributed by atoms with Crippen molar-refractivity contribution in [1.29, 1.82) is 0 Å². The summed E-state index contributed by atoms with van der Waals surface area (Å²) in [6, 6.07) is -0.560. The molecule has 8 heteroatoms. The van der Waals surface area contributed by atoms with Gasteiger partial charge in [0.25, 0.3) is 0 Å². The van der Waals surface area contributed by atoms with Crippen LogP contribution in [0.15, 0.2) is 0 Å². The molecule has 0 bridgehead atoms. The fourth-order valence-corrected chi connectivity index (χ4v) is 3.46. The van der Waals surface area contributed by atoms with Gasteiger partial charge < -0.3 is 21.1 Å². The zero-order valence-corrected chi connectivity index (χ0v) is 13.1. The maximum Gasteiger partial charge on any atom is 0.323 e. The number of primary amides is 1. The molecule has 1 aliphatic rings. The number of carboxylic acid groups (broad SMARTS) is 1. The number of urea groups is 1. The van der Waals surface area contributed by atoms with Gasteiger partial charge >= 0.3 is 12.0 Å². The lowest BCUT2D eigenvalue weighted by atomic mass is 9.88. The lowest BCUT2D eigenvalue weighted by molar-refractivity contribution is -0.137. The van der Waals surface area contributed by atoms with Gasteiger partial charge in [-0.25, -0.2) is 4.79 Å². The standard InChI is InChI=1S/C13H23N3O4S/c1-21-13(5-3-2-4-6-13)9-15-12(20)16(7-10(14)17)8-11(18)19/h2-9H2,1H3,(H2,14,17)(H,15,20)(H,18,19). The molecule has 7 nitrogen and oxygen atoms in total. The molecule has 1 saturated carbocycles. The molecule has 4 N–H and O–H groups in total. The summed E-state index contributed by atoms with van der Waals surface area (Å²) in [5.41, 5.74) is 5.04. The third-order valence-electron chi connectivity index (χ3n) is 3.72. The molecule has 0 unspecified atom stereocenters. The second kappa shape index (κ2) is 8.11. The Morgan fingerprint density at radius 1 is 1.24 bits per heavy atom. The van der Waals surface area contributed by atoms with Crippen molar-refractivity contribution >= 4 is 29.7 Å². The monoisotopic (exact) mass is 317 g/mol. The molecule has 3 amide bonds. The lowest BCUT2D eigenvalue weighted by Crippen LogP contribution is -2.50. The highest BCUT2D eigenvalue weighted by atomic mass is 32.2. The first-order chi connectivity index (χ1) is 9.88. The van der Waals surface area contributed by atoms with Crippen LogP contribution in [0, 0.1) is 0 Å². The van der Waals surface area contributed by atoms with Crippen LogP contribution in [0.3, 0.4) is 0 Å². The molecule has 0 aromatic carbocycles. The predicted octanol–water partition coefficient (Wildman–Crippen LogP) is 0.634. The van der Waals surface area contributed by atoms with Crippen LogP contribution in [0.4, 0.5) is 4.79 Å². The van der Waals surface area contributed by atoms with Crippen molar-refractivity contribution in [2.24, 2.45) is 5.73 Å². The van der Waals surface area contributed by atoms with Gasteiger partial charge in [-0.1, -0.05) is 19.3 Å². The first-order valence-corrected chi connectivity index (χ1v) is 8.19. The van der Waals surface area contributed by atoms with E-state index in [9.17, 15) is 14.4 Å². The maximum absolute atomic E-state index is 12.0. The van der Waals surface area contributed by atoms with E-state index >= 15 is 0 Å². The van der Waals surface area contributed by atoms with E-state index < -0.39 is 31.0 Å². The van der Waals surface area contributed by atoms with Crippen LogP contribution < -0.4 is 11.1 Å². The topological polar surface area (TPSA) is 113 Å². The Morgan fingerprint density at radius 3 is 2.33 bits per heavy atom. The van der Waals surface area contributed by atoms with Crippen molar-refractivity contribution in [1.82, 2.24) is 10.2 Å². The summed E-state index contributed by atoms with van der Waals surface area (Å²) in [5, 5.41) is 11.5. The first kappa shape index (κ1) is 17.6. The highest BCUT2D eigenvalue weighted by Crippen LogP contribution is 2.37. The highest BCUT2D eigenvalue weighted by Gasteiger charge is 2.32. The molecule has 0 heterocycles. The number of rotatable bonds is 7. The number of nitrogens with one attached hydrogen (secondary N) is 1. The molecular formula is C13H23N3O4S. The lowest BCUT2D eigenvalue weighted by Gasteiger charge is -2.36. The Morgan fingerprint density at radius 2 is 1.86 bits per heavy atom. The van der Waals surface area contributed by atoms with Gasteiger partial charge in [-0.2, -0.15) is 11.8 Å². The van der Waals surface area contributed by atoms with Crippen LogP contribution in [0.5, 0.6) is 0 Å². The van der Waals surface area contributed by atoms with Gasteiger partial charge in [-0.05, 0) is 19.1 Å². The van der Waals surface area contributed by atoms with E-state index in [4.69, 9.17) is 10.8 Å². The van der Waals surface area contributed by atoms with Crippen molar-refractivity contribution in [3.63, 3.8) is 0 Å². The fourth-order valence-electron chi connectivity index (χ4n) is 2.55. The molecule has 0 atom stereocenters. The molecule has 1 fully saturated rings. The summed E-state index contributed by atoms with van der Waals surface area (Å²) in [6.07, 6.45) is 7.57. The largest absolute Gasteiger partial charge is 0.480 e. The number of nitrogens with zero attached hydrogens (tertiary/aromatic N) is 1. The number of hydrogen-bond donors (Lipinski definition) is 3. The summed E-state index contributed by atoms with van der Waals surface area (Å²) in [6.45, 7) is -0.465. The minimum absolute atomic E-state index is 0.00945. The van der Waals surface area contributed by atoms with Gasteiger partial charge in [0.15, 0.2) is 0 Å². The second-order valence-corrected chi connectivity index (χ2v) is 6.60. The third kappa shape index (κ3) is 5.82. The molecular weight excluding hydrogens is 294 g/mol. The quantitative estimate of drug-likeness (QED) is 0.637. The Labute approximate surface area is 128 Å². The summed E-state index contributed by atoms with van der Waals surface area (Å²) in [5.74, 6) is -1.91. The summed E-state index contributed by atoms with van der Waals surface area (Å²) in [7, 11) is 0. The van der Waals surface area contributed by atoms with E-state index in [1.165, 1.54) is 6.42 Å². The molecule has 0 radical (unpaired) electrons. The third-order valence-corrected chi connectivity index (χ3v) is 5.14. The Kier molecular flexibility index (Phi) is 6.80. The van der Waals surface area contributed by atoms with E-state index in [-0.39, 0.29) is 4.75 Å². The van der Waals surface area contributed by atoms with E-state index in [0.29, 0.717) is 6.54 Å². The fraction of sp³-hybridized carbons (Fsp3) is 0.769. The number of aliphatic carboxylic acids is 1.